The van der Waals surface area contributed by atoms with Gasteiger partial charge in [0.2, 0.25) is 0 Å². The molecule has 11 aromatic rings. The maximum atomic E-state index is 6.93. The Labute approximate surface area is 340 Å². The van der Waals surface area contributed by atoms with Crippen LogP contribution in [0.15, 0.2) is 199 Å². The van der Waals surface area contributed by atoms with E-state index in [-0.39, 0.29) is 6.92 Å². The van der Waals surface area contributed by atoms with Gasteiger partial charge in [0.25, 0.3) is 0 Å². The second-order valence-electron chi connectivity index (χ2n) is 15.6. The minimum absolute atomic E-state index is 0.327. The third kappa shape index (κ3) is 4.85. The fraction of sp³-hybridized carbons (Fsp3) is 0. The molecular formula is C54H32BNO3. The van der Waals surface area contributed by atoms with Gasteiger partial charge in [-0.25, -0.2) is 0 Å². The number of rotatable bonds is 4. The summed E-state index contributed by atoms with van der Waals surface area (Å²) in [5.74, 6) is 2.49. The maximum Gasteiger partial charge on any atom is 0.434 e. The number of hydrogen-bond donors (Lipinski definition) is 0. The lowest BCUT2D eigenvalue weighted by molar-refractivity contribution is 0.479. The zero-order chi connectivity index (χ0) is 38.6. The third-order valence-electron chi connectivity index (χ3n) is 12.3. The van der Waals surface area contributed by atoms with Crippen LogP contribution < -0.4 is 20.3 Å². The number of ether oxygens (including phenoxy) is 1. The molecule has 0 bridgehead atoms. The molecular weight excluding hydrogens is 721 g/mol. The molecule has 0 aliphatic carbocycles. The first-order valence-corrected chi connectivity index (χ1v) is 20.1. The fourth-order valence-corrected chi connectivity index (χ4v) is 9.62. The van der Waals surface area contributed by atoms with Crippen molar-refractivity contribution in [3.05, 3.63) is 194 Å². The highest BCUT2D eigenvalue weighted by atomic mass is 16.5. The molecule has 0 spiro atoms. The molecule has 2 aromatic heterocycles. The predicted octanol–water partition coefficient (Wildman–Crippen LogP) is 13.0. The molecule has 0 amide bonds. The molecule has 9 aromatic carbocycles. The Kier molecular flexibility index (Phi) is 6.78. The number of fused-ring (bicyclic) bond motifs is 10. The molecule has 2 aliphatic heterocycles. The largest absolute Gasteiger partial charge is 0.551 e. The van der Waals surface area contributed by atoms with Gasteiger partial charge in [-0.15, -0.1) is 0 Å². The smallest absolute Gasteiger partial charge is 0.434 e. The summed E-state index contributed by atoms with van der Waals surface area (Å²) in [7, 11) is 0. The normalized spacial score (nSPS) is 12.6. The number of para-hydroxylation sites is 4. The van der Waals surface area contributed by atoms with Crippen molar-refractivity contribution in [3.63, 3.8) is 0 Å². The van der Waals surface area contributed by atoms with E-state index in [9.17, 15) is 0 Å². The molecule has 274 valence electrons. The van der Waals surface area contributed by atoms with Crippen LogP contribution in [0.25, 0.3) is 93.9 Å². The van der Waals surface area contributed by atoms with E-state index in [0.717, 1.165) is 100 Å². The quantitative estimate of drug-likeness (QED) is 0.168. The van der Waals surface area contributed by atoms with E-state index in [1.54, 1.807) is 0 Å². The van der Waals surface area contributed by atoms with Crippen molar-refractivity contribution in [1.29, 1.82) is 0 Å². The molecule has 0 saturated heterocycles. The highest BCUT2D eigenvalue weighted by molar-refractivity contribution is 6.84. The Balaban J connectivity index is 0.922. The monoisotopic (exact) mass is 753 g/mol. The standard InChI is InChI=1S/C54H32BNO3/c1-5-21-46-40(16-1)41-17-2-6-22-47(41)56(46)38-15-10-13-34(29-38)35-26-27-50-45(31-35)55-54-44(42-18-3-8-24-49(42)59-55)30-37(32-52(54)58-50)33-12-9-14-36(28-33)39-20-11-25-51-53(39)43-19-4-7-23-48(43)57-51/h1-32H. The van der Waals surface area contributed by atoms with Crippen molar-refractivity contribution in [2.45, 2.75) is 0 Å². The number of hydrogen-bond acceptors (Lipinski definition) is 3. The first-order valence-electron chi connectivity index (χ1n) is 20.1. The van der Waals surface area contributed by atoms with E-state index in [0.29, 0.717) is 0 Å². The molecule has 0 fully saturated rings. The molecule has 59 heavy (non-hydrogen) atoms. The molecule has 0 saturated carbocycles. The Morgan fingerprint density at radius 2 is 1.05 bits per heavy atom. The summed E-state index contributed by atoms with van der Waals surface area (Å²) in [6, 6.07) is 68.9. The van der Waals surface area contributed by atoms with Crippen LogP contribution in [0, 0.1) is 0 Å². The first kappa shape index (κ1) is 32.3. The van der Waals surface area contributed by atoms with E-state index in [1.807, 2.05) is 12.1 Å². The van der Waals surface area contributed by atoms with Crippen LogP contribution in [0.1, 0.15) is 0 Å². The van der Waals surface area contributed by atoms with Crippen LogP contribution in [-0.4, -0.2) is 11.5 Å². The second-order valence-corrected chi connectivity index (χ2v) is 15.6. The van der Waals surface area contributed by atoms with Crippen molar-refractivity contribution in [2.24, 2.45) is 0 Å². The van der Waals surface area contributed by atoms with E-state index < -0.39 is 0 Å². The lowest BCUT2D eigenvalue weighted by atomic mass is 9.50. The molecule has 2 aliphatic rings. The van der Waals surface area contributed by atoms with Crippen molar-refractivity contribution in [2.75, 3.05) is 0 Å². The van der Waals surface area contributed by atoms with Crippen LogP contribution in [-0.2, 0) is 0 Å². The number of nitrogens with zero attached hydrogens (tertiary/aromatic N) is 1. The Morgan fingerprint density at radius 3 is 1.92 bits per heavy atom. The van der Waals surface area contributed by atoms with Gasteiger partial charge >= 0.3 is 6.92 Å². The van der Waals surface area contributed by atoms with Crippen molar-refractivity contribution in [3.8, 4) is 67.4 Å². The summed E-state index contributed by atoms with van der Waals surface area (Å²) in [6.07, 6.45) is 0. The maximum absolute atomic E-state index is 6.93. The van der Waals surface area contributed by atoms with E-state index in [2.05, 4.69) is 187 Å². The summed E-state index contributed by atoms with van der Waals surface area (Å²) in [6.45, 7) is -0.327. The SMILES string of the molecule is c1cc(-c2cc3c4c(c2)-c2ccccc2OB4c2cc(-c4cccc(-n5c6ccccc6c6ccccc65)c4)ccc2O3)cc(-c2cccc3oc4ccccc4c23)c1. The van der Waals surface area contributed by atoms with Crippen LogP contribution >= 0.6 is 0 Å². The minimum atomic E-state index is -0.327. The van der Waals surface area contributed by atoms with Crippen LogP contribution in [0.4, 0.5) is 0 Å². The van der Waals surface area contributed by atoms with Gasteiger partial charge < -0.3 is 18.4 Å². The van der Waals surface area contributed by atoms with E-state index in [4.69, 9.17) is 13.8 Å². The van der Waals surface area contributed by atoms with Gasteiger partial charge in [-0.3, -0.25) is 0 Å². The van der Waals surface area contributed by atoms with Gasteiger partial charge in [0, 0.05) is 43.7 Å². The van der Waals surface area contributed by atoms with Crippen molar-refractivity contribution in [1.82, 2.24) is 4.57 Å². The average Bonchev–Trinajstić information content (AvgIpc) is 3.85. The number of furan rings is 1. The van der Waals surface area contributed by atoms with Gasteiger partial charge in [-0.05, 0) is 106 Å². The molecule has 0 unspecified atom stereocenters. The second kappa shape index (κ2) is 12.4. The minimum Gasteiger partial charge on any atom is -0.551 e. The molecule has 4 heterocycles. The van der Waals surface area contributed by atoms with E-state index >= 15 is 0 Å². The first-order chi connectivity index (χ1) is 29.2. The Bertz CT molecular complexity index is 3490. The summed E-state index contributed by atoms with van der Waals surface area (Å²) in [4.78, 5) is 0. The summed E-state index contributed by atoms with van der Waals surface area (Å²) >= 11 is 0. The lowest BCUT2D eigenvalue weighted by Crippen LogP contribution is -2.53. The zero-order valence-electron chi connectivity index (χ0n) is 31.7. The van der Waals surface area contributed by atoms with Gasteiger partial charge in [0.05, 0.1) is 11.0 Å². The predicted molar refractivity (Wildman–Crippen MR) is 242 cm³/mol. The van der Waals surface area contributed by atoms with Gasteiger partial charge in [0.15, 0.2) is 0 Å². The van der Waals surface area contributed by atoms with Crippen LogP contribution in [0.2, 0.25) is 0 Å². The number of aromatic nitrogens is 1. The topological polar surface area (TPSA) is 36.5 Å². The van der Waals surface area contributed by atoms with Crippen LogP contribution in [0.3, 0.4) is 0 Å². The molecule has 0 atom stereocenters. The highest BCUT2D eigenvalue weighted by Gasteiger charge is 2.41. The summed E-state index contributed by atoms with van der Waals surface area (Å²) < 4.78 is 22.4. The van der Waals surface area contributed by atoms with Gasteiger partial charge in [-0.2, -0.15) is 0 Å². The third-order valence-corrected chi connectivity index (χ3v) is 12.3. The average molecular weight is 754 g/mol. The van der Waals surface area contributed by atoms with Gasteiger partial charge in [-0.1, -0.05) is 127 Å². The molecule has 0 radical (unpaired) electrons. The van der Waals surface area contributed by atoms with Crippen LogP contribution in [0.5, 0.6) is 17.2 Å². The Hall–Kier alpha value is -7.76. The fourth-order valence-electron chi connectivity index (χ4n) is 9.62. The molecule has 5 heteroatoms. The van der Waals surface area contributed by atoms with Crippen molar-refractivity contribution < 1.29 is 13.8 Å². The molecule has 0 N–H and O–H groups in total. The summed E-state index contributed by atoms with van der Waals surface area (Å²) in [5, 5.41) is 4.75. The zero-order valence-corrected chi connectivity index (χ0v) is 31.7. The summed E-state index contributed by atoms with van der Waals surface area (Å²) in [5.41, 5.74) is 16.3. The Morgan fingerprint density at radius 1 is 0.390 bits per heavy atom. The molecule has 4 nitrogen and oxygen atoms in total. The lowest BCUT2D eigenvalue weighted by Gasteiger charge is -2.33. The van der Waals surface area contributed by atoms with Gasteiger partial charge in [0.1, 0.15) is 28.4 Å². The van der Waals surface area contributed by atoms with Crippen molar-refractivity contribution >= 4 is 61.6 Å². The number of benzene rings is 9. The highest BCUT2D eigenvalue weighted by Crippen LogP contribution is 2.43. The molecule has 13 rings (SSSR count). The van der Waals surface area contributed by atoms with E-state index in [1.165, 1.54) is 21.8 Å².